The van der Waals surface area contributed by atoms with E-state index in [1.54, 1.807) is 0 Å². The van der Waals surface area contributed by atoms with Crippen LogP contribution in [0, 0.1) is 0 Å². The number of phosphoric ester groups is 2. The standard InChI is InChI=1S/C91H152O17P2/c1-5-9-13-17-21-25-29-33-36-39-42-45-48-52-55-59-63-67-71-75-88(93)101-81-86(107-90(95)77-73-69-65-61-57-51-32-28-24-20-16-12-8-4)83-105-109(97,98)103-79-85(92)80-104-110(99,100)106-84-87(108-91(96)78-74-70-66-62-58-54-50-47-44-41-38-35-31-27-23-19-15-11-7-3)82-102-89(94)76-72-68-64-60-56-53-49-46-43-40-37-34-30-26-22-18-14-10-6-2/h10-11,14-15,21-23,25-27,33-38,42-47,53,56,64,68,85-87,92H,5-9,12-13,16-20,24,28-32,39-41,48-52,54-55,57-63,65-67,69-84H2,1-4H3,(H,97,98)(H,99,100)/b14-10-,15-11-,25-21-,26-22-,27-23-,36-33-,37-34-,38-35-,45-42-,46-43-,47-44-,56-53-,68-64-. The van der Waals surface area contributed by atoms with E-state index in [4.69, 9.17) is 37.0 Å². The molecule has 0 rings (SSSR count). The Morgan fingerprint density at radius 2 is 0.491 bits per heavy atom. The SMILES string of the molecule is CC/C=C\C/C=C\C/C=C\C/C=C\C/C=C\C/C=C\CCC(=O)OCC(COP(=O)(O)OCC(O)COP(=O)(O)OCC(COC(=O)CCCCCCCC/C=C\C/C=C\C/C=C\CCCCC)OC(=O)CCCCCCCCCCCCCCC)OC(=O)CCCCCCCC/C=C\C/C=C\C/C=C\C/C=C\CC. The molecular formula is C91H152O17P2. The highest BCUT2D eigenvalue weighted by Gasteiger charge is 2.30. The maximum Gasteiger partial charge on any atom is 0.472 e. The Labute approximate surface area is 668 Å². The number of hydrogen-bond donors (Lipinski definition) is 3. The van der Waals surface area contributed by atoms with E-state index in [9.17, 15) is 43.2 Å². The summed E-state index contributed by atoms with van der Waals surface area (Å²) in [5.41, 5.74) is 0. The molecule has 628 valence electrons. The van der Waals surface area contributed by atoms with Gasteiger partial charge in [0.1, 0.15) is 19.3 Å². The average Bonchev–Trinajstić information content (AvgIpc) is 0.900. The number of allylic oxidation sites excluding steroid dienone is 26. The van der Waals surface area contributed by atoms with Crippen molar-refractivity contribution >= 4 is 39.5 Å². The van der Waals surface area contributed by atoms with E-state index in [2.05, 4.69) is 167 Å². The van der Waals surface area contributed by atoms with Crippen LogP contribution in [0.5, 0.6) is 0 Å². The van der Waals surface area contributed by atoms with E-state index in [0.29, 0.717) is 32.1 Å². The molecule has 0 aliphatic heterocycles. The molecule has 110 heavy (non-hydrogen) atoms. The fourth-order valence-electron chi connectivity index (χ4n) is 11.1. The lowest BCUT2D eigenvalue weighted by atomic mass is 10.0. The maximum absolute atomic E-state index is 13.1. The molecule has 0 saturated heterocycles. The second-order valence-corrected chi connectivity index (χ2v) is 30.9. The minimum atomic E-state index is -5.01. The van der Waals surface area contributed by atoms with E-state index in [0.717, 1.165) is 180 Å². The van der Waals surface area contributed by atoms with Gasteiger partial charge in [0, 0.05) is 25.7 Å². The molecule has 0 aliphatic carbocycles. The van der Waals surface area contributed by atoms with E-state index in [1.807, 2.05) is 18.2 Å². The Hall–Kier alpha value is -5.32. The smallest absolute Gasteiger partial charge is 0.462 e. The van der Waals surface area contributed by atoms with Crippen LogP contribution in [0.1, 0.15) is 336 Å². The van der Waals surface area contributed by atoms with Crippen molar-refractivity contribution in [2.75, 3.05) is 39.6 Å². The zero-order valence-corrected chi connectivity index (χ0v) is 70.7. The van der Waals surface area contributed by atoms with Crippen LogP contribution in [0.25, 0.3) is 0 Å². The minimum absolute atomic E-state index is 0.0281. The number of aliphatic hydroxyl groups is 1. The van der Waals surface area contributed by atoms with Crippen molar-refractivity contribution in [3.05, 3.63) is 158 Å². The maximum atomic E-state index is 13.1. The van der Waals surface area contributed by atoms with Crippen molar-refractivity contribution in [1.29, 1.82) is 0 Å². The zero-order valence-electron chi connectivity index (χ0n) is 68.9. The number of carbonyl (C=O) groups excluding carboxylic acids is 4. The van der Waals surface area contributed by atoms with E-state index < -0.39 is 97.5 Å². The fraction of sp³-hybridized carbons (Fsp3) is 0.670. The molecule has 5 atom stereocenters. The van der Waals surface area contributed by atoms with Crippen LogP contribution in [-0.4, -0.2) is 96.7 Å². The lowest BCUT2D eigenvalue weighted by Gasteiger charge is -2.21. The van der Waals surface area contributed by atoms with Crippen LogP contribution in [0.3, 0.4) is 0 Å². The second kappa shape index (κ2) is 81.7. The highest BCUT2D eigenvalue weighted by atomic mass is 31.2. The normalized spacial score (nSPS) is 14.6. The Morgan fingerprint density at radius 1 is 0.264 bits per heavy atom. The number of carbonyl (C=O) groups is 4. The number of hydrogen-bond acceptors (Lipinski definition) is 15. The van der Waals surface area contributed by atoms with Gasteiger partial charge in [0.2, 0.25) is 0 Å². The summed E-state index contributed by atoms with van der Waals surface area (Å²) in [6, 6.07) is 0. The fourth-order valence-corrected chi connectivity index (χ4v) is 12.6. The molecule has 0 bridgehead atoms. The van der Waals surface area contributed by atoms with Gasteiger partial charge in [-0.3, -0.25) is 37.3 Å². The molecule has 3 N–H and O–H groups in total. The summed E-state index contributed by atoms with van der Waals surface area (Å²) in [5.74, 6) is -2.30. The minimum Gasteiger partial charge on any atom is -0.462 e. The first-order valence-corrected chi connectivity index (χ1v) is 45.7. The Balaban J connectivity index is 5.45. The lowest BCUT2D eigenvalue weighted by molar-refractivity contribution is -0.161. The first kappa shape index (κ1) is 105. The van der Waals surface area contributed by atoms with Crippen molar-refractivity contribution in [2.24, 2.45) is 0 Å². The summed E-state index contributed by atoms with van der Waals surface area (Å²) < 4.78 is 68.7. The average molecular weight is 1580 g/mol. The molecule has 0 amide bonds. The van der Waals surface area contributed by atoms with E-state index in [1.165, 1.54) is 70.6 Å². The van der Waals surface area contributed by atoms with Gasteiger partial charge in [-0.1, -0.05) is 327 Å². The largest absolute Gasteiger partial charge is 0.472 e. The predicted molar refractivity (Wildman–Crippen MR) is 454 cm³/mol. The molecule has 17 nitrogen and oxygen atoms in total. The molecule has 0 aromatic heterocycles. The molecular weight excluding hydrogens is 1430 g/mol. The molecule has 0 heterocycles. The predicted octanol–water partition coefficient (Wildman–Crippen LogP) is 25.6. The Bertz CT molecular complexity index is 2700. The Kier molecular flexibility index (Phi) is 77.7. The molecule has 0 radical (unpaired) electrons. The second-order valence-electron chi connectivity index (χ2n) is 28.0. The molecule has 0 saturated carbocycles. The Morgan fingerprint density at radius 3 is 0.800 bits per heavy atom. The molecule has 0 fully saturated rings. The number of phosphoric acid groups is 2. The zero-order chi connectivity index (χ0) is 80.3. The molecule has 19 heteroatoms. The van der Waals surface area contributed by atoms with Gasteiger partial charge in [-0.05, 0) is 141 Å². The van der Waals surface area contributed by atoms with Crippen LogP contribution >= 0.6 is 15.6 Å². The van der Waals surface area contributed by atoms with Crippen molar-refractivity contribution in [1.82, 2.24) is 0 Å². The van der Waals surface area contributed by atoms with Gasteiger partial charge in [-0.2, -0.15) is 0 Å². The van der Waals surface area contributed by atoms with Gasteiger partial charge >= 0.3 is 39.5 Å². The molecule has 0 aliphatic rings. The van der Waals surface area contributed by atoms with Crippen LogP contribution < -0.4 is 0 Å². The van der Waals surface area contributed by atoms with E-state index in [-0.39, 0.29) is 25.7 Å². The molecule has 5 unspecified atom stereocenters. The van der Waals surface area contributed by atoms with Gasteiger partial charge in [-0.25, -0.2) is 9.13 Å². The van der Waals surface area contributed by atoms with Crippen LogP contribution in [0.15, 0.2) is 158 Å². The summed E-state index contributed by atoms with van der Waals surface area (Å²) in [6.45, 7) is 4.54. The number of rotatable bonds is 79. The van der Waals surface area contributed by atoms with Gasteiger partial charge in [0.05, 0.1) is 26.4 Å². The molecule has 0 spiro atoms. The monoisotopic (exact) mass is 1580 g/mol. The van der Waals surface area contributed by atoms with E-state index >= 15 is 0 Å². The van der Waals surface area contributed by atoms with Crippen molar-refractivity contribution in [2.45, 2.75) is 354 Å². The summed E-state index contributed by atoms with van der Waals surface area (Å²) in [7, 11) is -10.0. The van der Waals surface area contributed by atoms with Crippen LogP contribution in [0.2, 0.25) is 0 Å². The summed E-state index contributed by atoms with van der Waals surface area (Å²) in [4.78, 5) is 73.2. The summed E-state index contributed by atoms with van der Waals surface area (Å²) in [5, 5.41) is 10.7. The van der Waals surface area contributed by atoms with Crippen molar-refractivity contribution in [3.63, 3.8) is 0 Å². The van der Waals surface area contributed by atoms with Gasteiger partial charge in [0.25, 0.3) is 0 Å². The van der Waals surface area contributed by atoms with Gasteiger partial charge < -0.3 is 33.8 Å². The first-order chi connectivity index (χ1) is 53.7. The number of aliphatic hydroxyl groups excluding tert-OH is 1. The van der Waals surface area contributed by atoms with Crippen LogP contribution in [-0.2, 0) is 65.4 Å². The third-order valence-electron chi connectivity index (χ3n) is 17.5. The molecule has 0 aromatic carbocycles. The third kappa shape index (κ3) is 80.7. The summed E-state index contributed by atoms with van der Waals surface area (Å²) >= 11 is 0. The van der Waals surface area contributed by atoms with Crippen molar-refractivity contribution < 1.29 is 80.2 Å². The summed E-state index contributed by atoms with van der Waals surface area (Å²) in [6.07, 6.45) is 96.4. The number of ether oxygens (including phenoxy) is 4. The highest BCUT2D eigenvalue weighted by Crippen LogP contribution is 2.45. The van der Waals surface area contributed by atoms with Gasteiger partial charge in [-0.15, -0.1) is 0 Å². The van der Waals surface area contributed by atoms with Crippen molar-refractivity contribution in [3.8, 4) is 0 Å². The molecule has 0 aromatic rings. The lowest BCUT2D eigenvalue weighted by Crippen LogP contribution is -2.30. The topological polar surface area (TPSA) is 237 Å². The highest BCUT2D eigenvalue weighted by molar-refractivity contribution is 7.47. The quantitative estimate of drug-likeness (QED) is 0.0169. The number of unbranched alkanes of at least 4 members (excludes halogenated alkanes) is 27. The van der Waals surface area contributed by atoms with Gasteiger partial charge in [0.15, 0.2) is 12.2 Å². The van der Waals surface area contributed by atoms with Crippen LogP contribution in [0.4, 0.5) is 0 Å². The first-order valence-electron chi connectivity index (χ1n) is 42.7. The third-order valence-corrected chi connectivity index (χ3v) is 19.4. The number of esters is 4.